The van der Waals surface area contributed by atoms with Gasteiger partial charge in [-0.05, 0) is 64.4 Å². The van der Waals surface area contributed by atoms with Gasteiger partial charge in [-0.1, -0.05) is 29.8 Å². The van der Waals surface area contributed by atoms with Crippen molar-refractivity contribution in [1.29, 1.82) is 0 Å². The Morgan fingerprint density at radius 1 is 0.964 bits per heavy atom. The van der Waals surface area contributed by atoms with Crippen molar-refractivity contribution in [3.63, 3.8) is 0 Å². The molecule has 2 aromatic rings. The number of hydrogen-bond donors (Lipinski definition) is 2. The van der Waals surface area contributed by atoms with Gasteiger partial charge in [0.25, 0.3) is 0 Å². The highest BCUT2D eigenvalue weighted by Gasteiger charge is 2.35. The van der Waals surface area contributed by atoms with Gasteiger partial charge in [0.1, 0.15) is 5.41 Å². The second kappa shape index (κ2) is 9.40. The fourth-order valence-corrected chi connectivity index (χ4v) is 2.96. The number of carbonyl (C=O) groups is 2. The molecule has 0 aliphatic rings. The summed E-state index contributed by atoms with van der Waals surface area (Å²) in [4.78, 5) is 27.5. The van der Waals surface area contributed by atoms with Crippen LogP contribution in [0.2, 0.25) is 0 Å². The zero-order valence-electron chi connectivity index (χ0n) is 17.5. The van der Waals surface area contributed by atoms with Crippen LogP contribution in [-0.4, -0.2) is 24.9 Å². The fraction of sp³-hybridized carbons (Fsp3) is 0.391. The second-order valence-corrected chi connectivity index (χ2v) is 7.47. The number of benzene rings is 2. The van der Waals surface area contributed by atoms with Gasteiger partial charge in [0.05, 0.1) is 0 Å². The zero-order chi connectivity index (χ0) is 20.7. The van der Waals surface area contributed by atoms with Crippen LogP contribution in [-0.2, 0) is 16.1 Å². The number of rotatable bonds is 8. The minimum atomic E-state index is -1.18. The first-order valence-electron chi connectivity index (χ1n) is 9.78. The molecule has 0 fully saturated rings. The monoisotopic (exact) mass is 381 g/mol. The summed E-state index contributed by atoms with van der Waals surface area (Å²) in [6.45, 7) is 11.8. The van der Waals surface area contributed by atoms with E-state index in [1.54, 1.807) is 13.8 Å². The van der Waals surface area contributed by atoms with Crippen LogP contribution >= 0.6 is 0 Å². The Kier molecular flexibility index (Phi) is 7.21. The molecule has 5 nitrogen and oxygen atoms in total. The molecule has 0 saturated heterocycles. The first kappa shape index (κ1) is 21.5. The van der Waals surface area contributed by atoms with E-state index in [0.717, 1.165) is 29.9 Å². The number of amides is 2. The molecule has 0 spiro atoms. The predicted octanol–water partition coefficient (Wildman–Crippen LogP) is 4.12. The van der Waals surface area contributed by atoms with E-state index in [9.17, 15) is 9.59 Å². The Bertz CT molecular complexity index is 809. The van der Waals surface area contributed by atoms with Gasteiger partial charge >= 0.3 is 0 Å². The normalized spacial score (nSPS) is 11.0. The molecule has 150 valence electrons. The maximum absolute atomic E-state index is 12.7. The molecule has 2 amide bonds. The van der Waals surface area contributed by atoms with Gasteiger partial charge in [0, 0.05) is 31.0 Å². The quantitative estimate of drug-likeness (QED) is 0.676. The number of nitrogens with one attached hydrogen (secondary N) is 2. The lowest BCUT2D eigenvalue weighted by atomic mass is 9.90. The number of nitrogens with zero attached hydrogens (tertiary/aromatic N) is 1. The highest BCUT2D eigenvalue weighted by molar-refractivity contribution is 6.09. The Balaban J connectivity index is 1.98. The molecule has 0 aromatic heterocycles. The number of hydrogen-bond acceptors (Lipinski definition) is 3. The lowest BCUT2D eigenvalue weighted by molar-refractivity contribution is -0.138. The summed E-state index contributed by atoms with van der Waals surface area (Å²) in [5, 5.41) is 5.72. The van der Waals surface area contributed by atoms with Crippen LogP contribution in [0, 0.1) is 12.3 Å². The lowest BCUT2D eigenvalue weighted by Gasteiger charge is -2.24. The summed E-state index contributed by atoms with van der Waals surface area (Å²) in [5.74, 6) is -0.629. The van der Waals surface area contributed by atoms with Crippen LogP contribution < -0.4 is 15.5 Å². The summed E-state index contributed by atoms with van der Waals surface area (Å²) >= 11 is 0. The standard InChI is InChI=1S/C23H31N3O2/c1-6-26(7-2)20-13-11-19(12-14-20)25-22(28)23(4,5)21(27)24-16-18-10-8-9-17(3)15-18/h8-15H,6-7,16H2,1-5H3,(H,24,27)(H,25,28). The summed E-state index contributed by atoms with van der Waals surface area (Å²) in [6, 6.07) is 15.6. The molecule has 0 bridgehead atoms. The summed E-state index contributed by atoms with van der Waals surface area (Å²) in [7, 11) is 0. The van der Waals surface area contributed by atoms with Crippen LogP contribution in [0.1, 0.15) is 38.8 Å². The largest absolute Gasteiger partial charge is 0.372 e. The molecule has 2 rings (SSSR count). The van der Waals surface area contributed by atoms with E-state index in [1.807, 2.05) is 55.5 Å². The summed E-state index contributed by atoms with van der Waals surface area (Å²) in [6.07, 6.45) is 0. The van der Waals surface area contributed by atoms with E-state index in [1.165, 1.54) is 0 Å². The highest BCUT2D eigenvalue weighted by atomic mass is 16.2. The average molecular weight is 382 g/mol. The number of carbonyl (C=O) groups excluding carboxylic acids is 2. The average Bonchev–Trinajstić information content (AvgIpc) is 2.68. The molecule has 0 atom stereocenters. The van der Waals surface area contributed by atoms with Gasteiger partial charge < -0.3 is 15.5 Å². The fourth-order valence-electron chi connectivity index (χ4n) is 2.96. The van der Waals surface area contributed by atoms with Crippen LogP contribution in [0.4, 0.5) is 11.4 Å². The van der Waals surface area contributed by atoms with E-state index >= 15 is 0 Å². The van der Waals surface area contributed by atoms with Crippen molar-refractivity contribution in [2.75, 3.05) is 23.3 Å². The van der Waals surface area contributed by atoms with E-state index in [2.05, 4.69) is 29.4 Å². The van der Waals surface area contributed by atoms with Crippen molar-refractivity contribution in [3.05, 3.63) is 59.7 Å². The van der Waals surface area contributed by atoms with E-state index in [-0.39, 0.29) is 11.8 Å². The zero-order valence-corrected chi connectivity index (χ0v) is 17.5. The summed E-state index contributed by atoms with van der Waals surface area (Å²) < 4.78 is 0. The van der Waals surface area contributed by atoms with E-state index in [4.69, 9.17) is 0 Å². The van der Waals surface area contributed by atoms with Crippen LogP contribution in [0.25, 0.3) is 0 Å². The van der Waals surface area contributed by atoms with Gasteiger partial charge in [-0.25, -0.2) is 0 Å². The van der Waals surface area contributed by atoms with Crippen molar-refractivity contribution < 1.29 is 9.59 Å². The van der Waals surface area contributed by atoms with Gasteiger partial charge in [0.2, 0.25) is 11.8 Å². The van der Waals surface area contributed by atoms with Gasteiger partial charge in [-0.3, -0.25) is 9.59 Å². The molecule has 0 heterocycles. The predicted molar refractivity (Wildman–Crippen MR) is 115 cm³/mol. The number of aryl methyl sites for hydroxylation is 1. The molecule has 2 N–H and O–H groups in total. The Morgan fingerprint density at radius 3 is 2.18 bits per heavy atom. The minimum Gasteiger partial charge on any atom is -0.372 e. The first-order valence-corrected chi connectivity index (χ1v) is 9.78. The molecule has 0 aliphatic carbocycles. The SMILES string of the molecule is CCN(CC)c1ccc(NC(=O)C(C)(C)C(=O)NCc2cccc(C)c2)cc1. The Hall–Kier alpha value is -2.82. The third-order valence-electron chi connectivity index (χ3n) is 4.92. The lowest BCUT2D eigenvalue weighted by Crippen LogP contribution is -2.44. The molecule has 0 unspecified atom stereocenters. The summed E-state index contributed by atoms with van der Waals surface area (Å²) in [5.41, 5.74) is 2.76. The van der Waals surface area contributed by atoms with Crippen LogP contribution in [0.5, 0.6) is 0 Å². The van der Waals surface area contributed by atoms with Crippen molar-refractivity contribution in [1.82, 2.24) is 5.32 Å². The topological polar surface area (TPSA) is 61.4 Å². The maximum atomic E-state index is 12.7. The third-order valence-corrected chi connectivity index (χ3v) is 4.92. The van der Waals surface area contributed by atoms with Crippen LogP contribution in [0.3, 0.4) is 0 Å². The molecule has 2 aromatic carbocycles. The first-order chi connectivity index (χ1) is 13.3. The Morgan fingerprint density at radius 2 is 1.61 bits per heavy atom. The van der Waals surface area contributed by atoms with Crippen molar-refractivity contribution in [3.8, 4) is 0 Å². The van der Waals surface area contributed by atoms with Gasteiger partial charge in [0.15, 0.2) is 0 Å². The molecular weight excluding hydrogens is 350 g/mol. The third kappa shape index (κ3) is 5.35. The molecule has 0 radical (unpaired) electrons. The van der Waals surface area contributed by atoms with Crippen LogP contribution in [0.15, 0.2) is 48.5 Å². The maximum Gasteiger partial charge on any atom is 0.239 e. The van der Waals surface area contributed by atoms with Crippen molar-refractivity contribution in [2.45, 2.75) is 41.2 Å². The molecular formula is C23H31N3O2. The van der Waals surface area contributed by atoms with Gasteiger partial charge in [-0.2, -0.15) is 0 Å². The van der Waals surface area contributed by atoms with E-state index < -0.39 is 5.41 Å². The highest BCUT2D eigenvalue weighted by Crippen LogP contribution is 2.22. The van der Waals surface area contributed by atoms with Gasteiger partial charge in [-0.15, -0.1) is 0 Å². The smallest absolute Gasteiger partial charge is 0.239 e. The minimum absolute atomic E-state index is 0.300. The molecule has 28 heavy (non-hydrogen) atoms. The van der Waals surface area contributed by atoms with E-state index in [0.29, 0.717) is 12.2 Å². The number of anilines is 2. The molecule has 5 heteroatoms. The molecule has 0 aliphatic heterocycles. The van der Waals surface area contributed by atoms with Crippen molar-refractivity contribution in [2.24, 2.45) is 5.41 Å². The second-order valence-electron chi connectivity index (χ2n) is 7.47. The Labute approximate surface area is 168 Å². The van der Waals surface area contributed by atoms with Crippen molar-refractivity contribution >= 4 is 23.2 Å². The molecule has 0 saturated carbocycles.